The zero-order valence-corrected chi connectivity index (χ0v) is 11.9. The second-order valence-corrected chi connectivity index (χ2v) is 4.87. The van der Waals surface area contributed by atoms with Crippen molar-refractivity contribution < 1.29 is 14.3 Å². The lowest BCUT2D eigenvalue weighted by Gasteiger charge is -2.05. The third kappa shape index (κ3) is 7.51. The molecule has 0 unspecified atom stereocenters. The standard InChI is InChI=1S/C14H19NO3S/c1-2-18-14(17)8-9-15-13(16)11-19-10-12-6-4-3-5-7-12/h3-7H,2,8-11H2,1H3,(H,15,16). The predicted octanol–water partition coefficient (Wildman–Crippen LogP) is 1.99. The van der Waals surface area contributed by atoms with Gasteiger partial charge in [-0.25, -0.2) is 0 Å². The van der Waals surface area contributed by atoms with Crippen LogP contribution in [0.5, 0.6) is 0 Å². The second-order valence-electron chi connectivity index (χ2n) is 3.88. The zero-order chi connectivity index (χ0) is 13.9. The van der Waals surface area contributed by atoms with Crippen LogP contribution in [0.2, 0.25) is 0 Å². The summed E-state index contributed by atoms with van der Waals surface area (Å²) >= 11 is 1.56. The van der Waals surface area contributed by atoms with E-state index in [0.29, 0.717) is 18.9 Å². The molecule has 0 radical (unpaired) electrons. The predicted molar refractivity (Wildman–Crippen MR) is 76.9 cm³/mol. The molecule has 1 amide bonds. The van der Waals surface area contributed by atoms with Crippen LogP contribution in [0.4, 0.5) is 0 Å². The van der Waals surface area contributed by atoms with Gasteiger partial charge in [0.1, 0.15) is 0 Å². The van der Waals surface area contributed by atoms with E-state index in [0.717, 1.165) is 5.75 Å². The van der Waals surface area contributed by atoms with E-state index in [2.05, 4.69) is 5.32 Å². The molecule has 1 N–H and O–H groups in total. The Morgan fingerprint density at radius 1 is 1.26 bits per heavy atom. The summed E-state index contributed by atoms with van der Waals surface area (Å²) in [6, 6.07) is 10.00. The van der Waals surface area contributed by atoms with Gasteiger partial charge in [0.25, 0.3) is 0 Å². The highest BCUT2D eigenvalue weighted by Gasteiger charge is 2.04. The maximum atomic E-state index is 11.5. The highest BCUT2D eigenvalue weighted by molar-refractivity contribution is 7.99. The van der Waals surface area contributed by atoms with E-state index in [1.54, 1.807) is 18.7 Å². The summed E-state index contributed by atoms with van der Waals surface area (Å²) in [4.78, 5) is 22.5. The Labute approximate surface area is 117 Å². The molecular formula is C14H19NO3S. The van der Waals surface area contributed by atoms with Gasteiger partial charge in [0, 0.05) is 12.3 Å². The minimum Gasteiger partial charge on any atom is -0.466 e. The SMILES string of the molecule is CCOC(=O)CCNC(=O)CSCc1ccccc1. The fourth-order valence-electron chi connectivity index (χ4n) is 1.42. The molecule has 1 aromatic carbocycles. The molecular weight excluding hydrogens is 262 g/mol. The molecule has 0 spiro atoms. The first-order chi connectivity index (χ1) is 9.22. The van der Waals surface area contributed by atoms with Crippen molar-refractivity contribution >= 4 is 23.6 Å². The van der Waals surface area contributed by atoms with E-state index in [9.17, 15) is 9.59 Å². The summed E-state index contributed by atoms with van der Waals surface area (Å²) in [6.45, 7) is 2.47. The molecule has 0 aliphatic carbocycles. The summed E-state index contributed by atoms with van der Waals surface area (Å²) in [5.74, 6) is 0.883. The van der Waals surface area contributed by atoms with Crippen LogP contribution in [-0.2, 0) is 20.1 Å². The molecule has 0 fully saturated rings. The van der Waals surface area contributed by atoms with Gasteiger partial charge in [-0.05, 0) is 12.5 Å². The number of ether oxygens (including phenoxy) is 1. The number of carbonyl (C=O) groups excluding carboxylic acids is 2. The summed E-state index contributed by atoms with van der Waals surface area (Å²) in [5, 5.41) is 2.70. The third-order valence-corrected chi connectivity index (χ3v) is 3.31. The molecule has 0 aliphatic rings. The molecule has 4 nitrogen and oxygen atoms in total. The highest BCUT2D eigenvalue weighted by atomic mass is 32.2. The Kier molecular flexibility index (Phi) is 7.74. The van der Waals surface area contributed by atoms with Crippen molar-refractivity contribution in [2.45, 2.75) is 19.1 Å². The average Bonchev–Trinajstić information content (AvgIpc) is 2.40. The van der Waals surface area contributed by atoms with Gasteiger partial charge in [0.2, 0.25) is 5.91 Å². The zero-order valence-electron chi connectivity index (χ0n) is 11.1. The fraction of sp³-hybridized carbons (Fsp3) is 0.429. The number of thioether (sulfide) groups is 1. The summed E-state index contributed by atoms with van der Waals surface area (Å²) in [5.41, 5.74) is 1.20. The summed E-state index contributed by atoms with van der Waals surface area (Å²) < 4.78 is 4.77. The topological polar surface area (TPSA) is 55.4 Å². The van der Waals surface area contributed by atoms with E-state index in [-0.39, 0.29) is 18.3 Å². The molecule has 0 saturated carbocycles. The molecule has 5 heteroatoms. The Balaban J connectivity index is 2.07. The van der Waals surface area contributed by atoms with Crippen molar-refractivity contribution in [1.29, 1.82) is 0 Å². The van der Waals surface area contributed by atoms with Gasteiger partial charge in [0.15, 0.2) is 0 Å². The molecule has 1 aromatic rings. The van der Waals surface area contributed by atoms with Gasteiger partial charge >= 0.3 is 5.97 Å². The quantitative estimate of drug-likeness (QED) is 0.740. The van der Waals surface area contributed by atoms with E-state index < -0.39 is 0 Å². The fourth-order valence-corrected chi connectivity index (χ4v) is 2.24. The Morgan fingerprint density at radius 3 is 2.68 bits per heavy atom. The van der Waals surface area contributed by atoms with Crippen LogP contribution in [0, 0.1) is 0 Å². The molecule has 0 aliphatic heterocycles. The molecule has 0 saturated heterocycles. The second kappa shape index (κ2) is 9.44. The summed E-state index contributed by atoms with van der Waals surface area (Å²) in [7, 11) is 0. The van der Waals surface area contributed by atoms with E-state index >= 15 is 0 Å². The minimum atomic E-state index is -0.278. The van der Waals surface area contributed by atoms with Crippen LogP contribution in [0.25, 0.3) is 0 Å². The van der Waals surface area contributed by atoms with Gasteiger partial charge in [-0.3, -0.25) is 9.59 Å². The van der Waals surface area contributed by atoms with Crippen LogP contribution in [0.1, 0.15) is 18.9 Å². The van der Waals surface area contributed by atoms with Crippen LogP contribution < -0.4 is 5.32 Å². The van der Waals surface area contributed by atoms with Crippen molar-refractivity contribution in [1.82, 2.24) is 5.32 Å². The van der Waals surface area contributed by atoms with Gasteiger partial charge in [-0.1, -0.05) is 30.3 Å². The molecule has 19 heavy (non-hydrogen) atoms. The lowest BCUT2D eigenvalue weighted by Crippen LogP contribution is -2.28. The largest absolute Gasteiger partial charge is 0.466 e. The number of hydrogen-bond acceptors (Lipinski definition) is 4. The van der Waals surface area contributed by atoms with Gasteiger partial charge in [-0.2, -0.15) is 0 Å². The molecule has 1 rings (SSSR count). The Bertz CT molecular complexity index is 395. The Hall–Kier alpha value is -1.49. The lowest BCUT2D eigenvalue weighted by atomic mass is 10.2. The van der Waals surface area contributed by atoms with Crippen LogP contribution in [0.15, 0.2) is 30.3 Å². The van der Waals surface area contributed by atoms with E-state index in [1.165, 1.54) is 5.56 Å². The van der Waals surface area contributed by atoms with Crippen molar-refractivity contribution in [2.24, 2.45) is 0 Å². The van der Waals surface area contributed by atoms with Crippen molar-refractivity contribution in [3.8, 4) is 0 Å². The Morgan fingerprint density at radius 2 is 2.00 bits per heavy atom. The maximum absolute atomic E-state index is 11.5. The average molecular weight is 281 g/mol. The molecule has 104 valence electrons. The lowest BCUT2D eigenvalue weighted by molar-refractivity contribution is -0.142. The van der Waals surface area contributed by atoms with Crippen molar-refractivity contribution in [3.63, 3.8) is 0 Å². The van der Waals surface area contributed by atoms with Gasteiger partial charge < -0.3 is 10.1 Å². The number of carbonyl (C=O) groups is 2. The minimum absolute atomic E-state index is 0.0507. The van der Waals surface area contributed by atoms with Crippen LogP contribution >= 0.6 is 11.8 Å². The smallest absolute Gasteiger partial charge is 0.307 e. The molecule has 0 aromatic heterocycles. The van der Waals surface area contributed by atoms with Crippen LogP contribution in [-0.4, -0.2) is 30.8 Å². The van der Waals surface area contributed by atoms with Gasteiger partial charge in [-0.15, -0.1) is 11.8 Å². The normalized spacial score (nSPS) is 9.95. The third-order valence-electron chi connectivity index (χ3n) is 2.30. The van der Waals surface area contributed by atoms with Crippen molar-refractivity contribution in [2.75, 3.05) is 18.9 Å². The first-order valence-corrected chi connectivity index (χ1v) is 7.42. The van der Waals surface area contributed by atoms with Gasteiger partial charge in [0.05, 0.1) is 18.8 Å². The number of esters is 1. The number of benzene rings is 1. The number of rotatable bonds is 8. The van der Waals surface area contributed by atoms with Crippen molar-refractivity contribution in [3.05, 3.63) is 35.9 Å². The summed E-state index contributed by atoms with van der Waals surface area (Å²) in [6.07, 6.45) is 0.225. The van der Waals surface area contributed by atoms with E-state index in [4.69, 9.17) is 4.74 Å². The molecule has 0 heterocycles. The monoisotopic (exact) mass is 281 g/mol. The maximum Gasteiger partial charge on any atom is 0.307 e. The molecule has 0 atom stereocenters. The number of nitrogens with one attached hydrogen (secondary N) is 1. The number of hydrogen-bond donors (Lipinski definition) is 1. The van der Waals surface area contributed by atoms with E-state index in [1.807, 2.05) is 30.3 Å². The highest BCUT2D eigenvalue weighted by Crippen LogP contribution is 2.10. The first-order valence-electron chi connectivity index (χ1n) is 6.26. The molecule has 0 bridgehead atoms. The first kappa shape index (κ1) is 15.6. The van der Waals surface area contributed by atoms with Crippen LogP contribution in [0.3, 0.4) is 0 Å². The number of amides is 1.